The van der Waals surface area contributed by atoms with Gasteiger partial charge in [0.25, 0.3) is 0 Å². The lowest BCUT2D eigenvalue weighted by Crippen LogP contribution is -2.47. The van der Waals surface area contributed by atoms with Crippen LogP contribution in [0.1, 0.15) is 44.9 Å². The van der Waals surface area contributed by atoms with Gasteiger partial charge in [-0.1, -0.05) is 0 Å². The van der Waals surface area contributed by atoms with E-state index in [0.29, 0.717) is 32.0 Å². The highest BCUT2D eigenvalue weighted by atomic mass is 16.3. The van der Waals surface area contributed by atoms with Crippen molar-refractivity contribution in [1.82, 2.24) is 0 Å². The average Bonchev–Trinajstić information content (AvgIpc) is 2.45. The Labute approximate surface area is 119 Å². The molecule has 0 fully saturated rings. The summed E-state index contributed by atoms with van der Waals surface area (Å²) < 4.78 is 0. The summed E-state index contributed by atoms with van der Waals surface area (Å²) >= 11 is 0. The summed E-state index contributed by atoms with van der Waals surface area (Å²) in [5.41, 5.74) is -1.62. The lowest BCUT2D eigenvalue weighted by molar-refractivity contribution is -0.114. The molecule has 6 heteroatoms. The molecule has 1 radical (unpaired) electrons. The maximum atomic E-state index is 11.3. The van der Waals surface area contributed by atoms with E-state index in [1.54, 1.807) is 6.29 Å². The Morgan fingerprint density at radius 1 is 0.950 bits per heavy atom. The van der Waals surface area contributed by atoms with E-state index < -0.39 is 17.6 Å². The van der Waals surface area contributed by atoms with Gasteiger partial charge in [0.2, 0.25) is 6.29 Å². The first kappa shape index (κ1) is 19.2. The zero-order valence-corrected chi connectivity index (χ0v) is 11.7. The predicted molar refractivity (Wildman–Crippen MR) is 72.7 cm³/mol. The van der Waals surface area contributed by atoms with Crippen LogP contribution < -0.4 is 0 Å². The van der Waals surface area contributed by atoms with E-state index in [0.717, 1.165) is 0 Å². The Hall–Kier alpha value is -0.820. The smallest absolute Gasteiger partial charge is 0.210 e. The second kappa shape index (κ2) is 10.9. The highest BCUT2D eigenvalue weighted by Gasteiger charge is 2.44. The fourth-order valence-corrected chi connectivity index (χ4v) is 2.22. The van der Waals surface area contributed by atoms with Gasteiger partial charge in [-0.25, -0.2) is 0 Å². The molecule has 0 heterocycles. The average molecular weight is 289 g/mol. The van der Waals surface area contributed by atoms with Gasteiger partial charge in [-0.05, 0) is 38.5 Å². The van der Waals surface area contributed by atoms with Crippen LogP contribution in [0.15, 0.2) is 0 Å². The topological polar surface area (TPSA) is 115 Å². The SMILES string of the molecule is O=[C]C(CC=O)(C(O)CCCCO)C(O)CCCCO. The summed E-state index contributed by atoms with van der Waals surface area (Å²) in [5, 5.41) is 37.7. The molecule has 0 aromatic heterocycles. The summed E-state index contributed by atoms with van der Waals surface area (Å²) in [6, 6.07) is 0. The molecule has 0 saturated heterocycles. The van der Waals surface area contributed by atoms with Gasteiger partial charge in [0.15, 0.2) is 0 Å². The fraction of sp³-hybridized carbons (Fsp3) is 0.857. The van der Waals surface area contributed by atoms with Crippen molar-refractivity contribution in [3.05, 3.63) is 0 Å². The van der Waals surface area contributed by atoms with Crippen molar-refractivity contribution in [1.29, 1.82) is 0 Å². The first-order valence-corrected chi connectivity index (χ1v) is 6.99. The molecule has 2 atom stereocenters. The van der Waals surface area contributed by atoms with Crippen LogP contribution in [0.25, 0.3) is 0 Å². The molecule has 0 spiro atoms. The van der Waals surface area contributed by atoms with E-state index >= 15 is 0 Å². The molecule has 0 bridgehead atoms. The van der Waals surface area contributed by atoms with E-state index in [2.05, 4.69) is 0 Å². The molecular formula is C14H25O6. The Morgan fingerprint density at radius 2 is 1.40 bits per heavy atom. The van der Waals surface area contributed by atoms with Gasteiger partial charge in [0.1, 0.15) is 6.29 Å². The maximum Gasteiger partial charge on any atom is 0.210 e. The van der Waals surface area contributed by atoms with Gasteiger partial charge in [0.05, 0.1) is 17.6 Å². The van der Waals surface area contributed by atoms with Gasteiger partial charge < -0.3 is 25.2 Å². The number of rotatable bonds is 13. The zero-order chi connectivity index (χ0) is 15.4. The molecule has 0 aromatic rings. The van der Waals surface area contributed by atoms with Gasteiger partial charge >= 0.3 is 0 Å². The molecule has 0 aromatic carbocycles. The third-order valence-electron chi connectivity index (χ3n) is 3.57. The number of aliphatic hydroxyl groups excluding tert-OH is 4. The number of aldehydes is 1. The van der Waals surface area contributed by atoms with Gasteiger partial charge in [-0.2, -0.15) is 0 Å². The van der Waals surface area contributed by atoms with Crippen molar-refractivity contribution in [3.63, 3.8) is 0 Å². The molecule has 4 N–H and O–H groups in total. The molecule has 0 aliphatic rings. The molecule has 0 aliphatic carbocycles. The first-order valence-electron chi connectivity index (χ1n) is 6.99. The minimum Gasteiger partial charge on any atom is -0.396 e. The molecule has 0 saturated carbocycles. The summed E-state index contributed by atoms with van der Waals surface area (Å²) in [5.74, 6) is 0. The molecule has 20 heavy (non-hydrogen) atoms. The van der Waals surface area contributed by atoms with E-state index in [1.165, 1.54) is 0 Å². The standard InChI is InChI=1S/C14H25O6/c15-8-3-1-5-12(19)14(11-18,7-10-17)13(20)6-2-4-9-16/h10,12-13,15-16,19-20H,1-9H2. The fourth-order valence-electron chi connectivity index (χ4n) is 2.22. The van der Waals surface area contributed by atoms with Crippen molar-refractivity contribution < 1.29 is 30.0 Å². The van der Waals surface area contributed by atoms with Gasteiger partial charge in [0, 0.05) is 19.6 Å². The van der Waals surface area contributed by atoms with Crippen LogP contribution in [0, 0.1) is 5.41 Å². The third kappa shape index (κ3) is 5.66. The van der Waals surface area contributed by atoms with E-state index in [9.17, 15) is 19.8 Å². The normalized spacial score (nSPS) is 17.2. The Balaban J connectivity index is 4.77. The van der Waals surface area contributed by atoms with Crippen LogP contribution in [0.4, 0.5) is 0 Å². The van der Waals surface area contributed by atoms with Crippen molar-refractivity contribution >= 4 is 12.6 Å². The third-order valence-corrected chi connectivity index (χ3v) is 3.57. The molecular weight excluding hydrogens is 264 g/mol. The molecule has 0 aliphatic heterocycles. The van der Waals surface area contributed by atoms with Crippen LogP contribution >= 0.6 is 0 Å². The number of carbonyl (C=O) groups is 1. The number of aliphatic hydroxyl groups is 4. The van der Waals surface area contributed by atoms with E-state index in [1.807, 2.05) is 0 Å². The maximum absolute atomic E-state index is 11.3. The minimum absolute atomic E-state index is 0.0166. The summed E-state index contributed by atoms with van der Waals surface area (Å²) in [6.07, 6.45) is 1.86. The predicted octanol–water partition coefficient (Wildman–Crippen LogP) is -0.282. The van der Waals surface area contributed by atoms with Crippen molar-refractivity contribution in [2.45, 2.75) is 57.2 Å². The number of carbonyl (C=O) groups excluding carboxylic acids is 2. The van der Waals surface area contributed by atoms with Gasteiger partial charge in [-0.3, -0.25) is 4.79 Å². The monoisotopic (exact) mass is 289 g/mol. The Morgan fingerprint density at radius 3 is 1.70 bits per heavy atom. The quantitative estimate of drug-likeness (QED) is 0.274. The Kier molecular flexibility index (Phi) is 10.5. The summed E-state index contributed by atoms with van der Waals surface area (Å²) in [4.78, 5) is 22.0. The summed E-state index contributed by atoms with van der Waals surface area (Å²) in [7, 11) is 0. The van der Waals surface area contributed by atoms with Crippen LogP contribution in [-0.2, 0) is 9.59 Å². The van der Waals surface area contributed by atoms with Crippen LogP contribution in [0.5, 0.6) is 0 Å². The van der Waals surface area contributed by atoms with Crippen molar-refractivity contribution in [2.24, 2.45) is 5.41 Å². The van der Waals surface area contributed by atoms with Gasteiger partial charge in [-0.15, -0.1) is 0 Å². The second-order valence-electron chi connectivity index (χ2n) is 4.98. The van der Waals surface area contributed by atoms with Crippen LogP contribution in [0.3, 0.4) is 0 Å². The first-order chi connectivity index (χ1) is 9.58. The zero-order valence-electron chi connectivity index (χ0n) is 11.7. The van der Waals surface area contributed by atoms with Crippen molar-refractivity contribution in [2.75, 3.05) is 13.2 Å². The highest BCUT2D eigenvalue weighted by Crippen LogP contribution is 2.33. The van der Waals surface area contributed by atoms with Crippen molar-refractivity contribution in [3.8, 4) is 0 Å². The molecule has 117 valence electrons. The summed E-state index contributed by atoms with van der Waals surface area (Å²) in [6.45, 7) is -0.0332. The number of unbranched alkanes of at least 4 members (excludes halogenated alkanes) is 2. The van der Waals surface area contributed by atoms with Crippen LogP contribution in [0.2, 0.25) is 0 Å². The lowest BCUT2D eigenvalue weighted by Gasteiger charge is -2.35. The second-order valence-corrected chi connectivity index (χ2v) is 4.98. The van der Waals surface area contributed by atoms with E-state index in [-0.39, 0.29) is 32.5 Å². The molecule has 0 rings (SSSR count). The highest BCUT2D eigenvalue weighted by molar-refractivity contribution is 5.69. The Bertz CT molecular complexity index is 252. The lowest BCUT2D eigenvalue weighted by atomic mass is 9.72. The number of hydrogen-bond acceptors (Lipinski definition) is 6. The minimum atomic E-state index is -1.62. The molecule has 2 unspecified atom stereocenters. The largest absolute Gasteiger partial charge is 0.396 e. The van der Waals surface area contributed by atoms with E-state index in [4.69, 9.17) is 10.2 Å². The molecule has 6 nitrogen and oxygen atoms in total. The van der Waals surface area contributed by atoms with Crippen LogP contribution in [-0.4, -0.2) is 58.4 Å². The molecule has 0 amide bonds. The number of hydrogen-bond donors (Lipinski definition) is 4.